The smallest absolute Gasteiger partial charge is 0.249 e. The number of hydrogen-bond donors (Lipinski definition) is 2. The van der Waals surface area contributed by atoms with Crippen LogP contribution >= 0.6 is 27.5 Å². The van der Waals surface area contributed by atoms with Crippen LogP contribution in [0.2, 0.25) is 5.02 Å². The number of hydrazone groups is 1. The van der Waals surface area contributed by atoms with Crippen LogP contribution in [0.25, 0.3) is 0 Å². The quantitative estimate of drug-likeness (QED) is 0.374. The van der Waals surface area contributed by atoms with E-state index in [-0.39, 0.29) is 6.42 Å². The lowest BCUT2D eigenvalue weighted by Gasteiger charge is -2.06. The molecule has 0 aliphatic carbocycles. The number of anilines is 1. The van der Waals surface area contributed by atoms with Crippen molar-refractivity contribution < 1.29 is 14.3 Å². The zero-order chi connectivity index (χ0) is 19.8. The Balaban J connectivity index is 1.84. The Kier molecular flexibility index (Phi) is 7.82. The van der Waals surface area contributed by atoms with E-state index < -0.39 is 11.8 Å². The van der Waals surface area contributed by atoms with Crippen molar-refractivity contribution in [3.05, 3.63) is 57.0 Å². The molecule has 6 nitrogen and oxygen atoms in total. The number of carbonyl (C=O) groups excluding carboxylic acids is 2. The van der Waals surface area contributed by atoms with Gasteiger partial charge in [-0.1, -0.05) is 17.7 Å². The maximum atomic E-state index is 11.9. The van der Waals surface area contributed by atoms with Crippen LogP contribution in [0, 0.1) is 6.92 Å². The van der Waals surface area contributed by atoms with Crippen molar-refractivity contribution in [1.82, 2.24) is 5.43 Å². The van der Waals surface area contributed by atoms with E-state index in [1.807, 2.05) is 19.9 Å². The van der Waals surface area contributed by atoms with Gasteiger partial charge in [0.25, 0.3) is 0 Å². The summed E-state index contributed by atoms with van der Waals surface area (Å²) in [6.45, 7) is 4.34. The fraction of sp³-hybridized carbons (Fsp3) is 0.211. The number of aryl methyl sites for hydroxylation is 1. The highest BCUT2D eigenvalue weighted by Crippen LogP contribution is 2.25. The molecule has 0 aromatic heterocycles. The van der Waals surface area contributed by atoms with E-state index in [1.54, 1.807) is 30.3 Å². The summed E-state index contributed by atoms with van der Waals surface area (Å²) >= 11 is 9.41. The third kappa shape index (κ3) is 6.69. The molecule has 142 valence electrons. The minimum atomic E-state index is -0.521. The fourth-order valence-electron chi connectivity index (χ4n) is 2.11. The van der Waals surface area contributed by atoms with Crippen LogP contribution in [0.1, 0.15) is 24.5 Å². The summed E-state index contributed by atoms with van der Waals surface area (Å²) < 4.78 is 6.21. The maximum absolute atomic E-state index is 11.9. The van der Waals surface area contributed by atoms with E-state index in [9.17, 15) is 9.59 Å². The summed E-state index contributed by atoms with van der Waals surface area (Å²) in [5, 5.41) is 7.02. The van der Waals surface area contributed by atoms with Gasteiger partial charge in [-0.2, -0.15) is 5.10 Å². The second-order valence-corrected chi connectivity index (χ2v) is 6.87. The minimum Gasteiger partial charge on any atom is -0.493 e. The first-order chi connectivity index (χ1) is 12.9. The molecule has 0 bridgehead atoms. The third-order valence-corrected chi connectivity index (χ3v) is 4.46. The summed E-state index contributed by atoms with van der Waals surface area (Å²) in [5.74, 6) is -0.245. The summed E-state index contributed by atoms with van der Waals surface area (Å²) in [6.07, 6.45) is 1.13. The number of ether oxygens (including phenoxy) is 1. The Bertz CT molecular complexity index is 871. The summed E-state index contributed by atoms with van der Waals surface area (Å²) in [7, 11) is 0. The van der Waals surface area contributed by atoms with Gasteiger partial charge in [-0.3, -0.25) is 9.59 Å². The first-order valence-electron chi connectivity index (χ1n) is 8.19. The molecule has 0 saturated carbocycles. The number of benzene rings is 2. The van der Waals surface area contributed by atoms with Crippen molar-refractivity contribution in [3.63, 3.8) is 0 Å². The SMILES string of the molecule is CCOc1ccc(C=NNC(=O)CC(=O)Nc2ccc(C)c(Cl)c2)cc1Br. The lowest BCUT2D eigenvalue weighted by molar-refractivity contribution is -0.126. The maximum Gasteiger partial charge on any atom is 0.249 e. The van der Waals surface area contributed by atoms with E-state index in [0.29, 0.717) is 17.3 Å². The molecule has 2 N–H and O–H groups in total. The predicted molar refractivity (Wildman–Crippen MR) is 110 cm³/mol. The summed E-state index contributed by atoms with van der Waals surface area (Å²) in [4.78, 5) is 23.7. The van der Waals surface area contributed by atoms with Crippen LogP contribution in [-0.4, -0.2) is 24.6 Å². The lowest BCUT2D eigenvalue weighted by Crippen LogP contribution is -2.24. The van der Waals surface area contributed by atoms with Gasteiger partial charge in [0.1, 0.15) is 12.2 Å². The van der Waals surface area contributed by atoms with Gasteiger partial charge in [0.05, 0.1) is 17.3 Å². The van der Waals surface area contributed by atoms with Gasteiger partial charge >= 0.3 is 0 Å². The standard InChI is InChI=1S/C19H19BrClN3O3/c1-3-27-17-7-5-13(8-15(17)20)11-22-24-19(26)10-18(25)23-14-6-4-12(2)16(21)9-14/h4-9,11H,3,10H2,1-2H3,(H,23,25)(H,24,26). The van der Waals surface area contributed by atoms with Crippen molar-refractivity contribution in [3.8, 4) is 5.75 Å². The molecule has 8 heteroatoms. The van der Waals surface area contributed by atoms with Crippen LogP contribution in [0.15, 0.2) is 46.0 Å². The van der Waals surface area contributed by atoms with E-state index in [1.165, 1.54) is 6.21 Å². The monoisotopic (exact) mass is 451 g/mol. The van der Waals surface area contributed by atoms with Gasteiger partial charge < -0.3 is 10.1 Å². The second-order valence-electron chi connectivity index (χ2n) is 5.60. The Morgan fingerprint density at radius 2 is 2.00 bits per heavy atom. The molecule has 0 aliphatic rings. The number of rotatable bonds is 7. The molecule has 0 heterocycles. The first kappa shape index (κ1) is 20.9. The average Bonchev–Trinajstić information content (AvgIpc) is 2.60. The average molecular weight is 453 g/mol. The Labute approximate surface area is 171 Å². The molecule has 0 spiro atoms. The van der Waals surface area contributed by atoms with Gasteiger partial charge in [-0.15, -0.1) is 0 Å². The topological polar surface area (TPSA) is 79.8 Å². The summed E-state index contributed by atoms with van der Waals surface area (Å²) in [6, 6.07) is 10.6. The molecular weight excluding hydrogens is 434 g/mol. The Hall–Kier alpha value is -2.38. The molecule has 0 unspecified atom stereocenters. The van der Waals surface area contributed by atoms with Gasteiger partial charge in [0.2, 0.25) is 11.8 Å². The molecular formula is C19H19BrClN3O3. The second kappa shape index (κ2) is 10.1. The van der Waals surface area contributed by atoms with Crippen LogP contribution < -0.4 is 15.5 Å². The van der Waals surface area contributed by atoms with Crippen LogP contribution in [0.3, 0.4) is 0 Å². The predicted octanol–water partition coefficient (Wildman–Crippen LogP) is 4.29. The van der Waals surface area contributed by atoms with Crippen LogP contribution in [0.5, 0.6) is 5.75 Å². The number of nitrogens with one attached hydrogen (secondary N) is 2. The lowest BCUT2D eigenvalue weighted by atomic mass is 10.2. The molecule has 2 aromatic carbocycles. The van der Waals surface area contributed by atoms with Crippen LogP contribution in [0.4, 0.5) is 5.69 Å². The number of hydrogen-bond acceptors (Lipinski definition) is 4. The zero-order valence-corrected chi connectivity index (χ0v) is 17.2. The Morgan fingerprint density at radius 1 is 1.22 bits per heavy atom. The number of nitrogens with zero attached hydrogens (tertiary/aromatic N) is 1. The third-order valence-electron chi connectivity index (χ3n) is 3.44. The minimum absolute atomic E-state index is 0.351. The molecule has 0 radical (unpaired) electrons. The molecule has 0 aliphatic heterocycles. The van der Waals surface area contributed by atoms with E-state index in [4.69, 9.17) is 16.3 Å². The van der Waals surface area contributed by atoms with E-state index in [0.717, 1.165) is 21.3 Å². The zero-order valence-electron chi connectivity index (χ0n) is 14.9. The molecule has 0 atom stereocenters. The number of carbonyl (C=O) groups is 2. The largest absolute Gasteiger partial charge is 0.493 e. The summed E-state index contributed by atoms with van der Waals surface area (Å²) in [5.41, 5.74) is 4.53. The van der Waals surface area contributed by atoms with Gasteiger partial charge in [0.15, 0.2) is 0 Å². The first-order valence-corrected chi connectivity index (χ1v) is 9.36. The van der Waals surface area contributed by atoms with E-state index in [2.05, 4.69) is 31.8 Å². The van der Waals surface area contributed by atoms with Gasteiger partial charge in [0, 0.05) is 10.7 Å². The highest BCUT2D eigenvalue weighted by Gasteiger charge is 2.09. The van der Waals surface area contributed by atoms with Crippen molar-refractivity contribution in [2.75, 3.05) is 11.9 Å². The molecule has 27 heavy (non-hydrogen) atoms. The van der Waals surface area contributed by atoms with E-state index >= 15 is 0 Å². The molecule has 0 fully saturated rings. The number of halogens is 2. The van der Waals surface area contributed by atoms with Crippen molar-refractivity contribution in [2.24, 2.45) is 5.10 Å². The highest BCUT2D eigenvalue weighted by molar-refractivity contribution is 9.10. The molecule has 2 amide bonds. The van der Waals surface area contributed by atoms with Gasteiger partial charge in [-0.25, -0.2) is 5.43 Å². The van der Waals surface area contributed by atoms with Crippen LogP contribution in [-0.2, 0) is 9.59 Å². The molecule has 2 rings (SSSR count). The van der Waals surface area contributed by atoms with Crippen molar-refractivity contribution >= 4 is 51.2 Å². The molecule has 2 aromatic rings. The number of amides is 2. The normalized spacial score (nSPS) is 10.7. The fourth-order valence-corrected chi connectivity index (χ4v) is 2.80. The Morgan fingerprint density at radius 3 is 2.67 bits per heavy atom. The van der Waals surface area contributed by atoms with Crippen molar-refractivity contribution in [1.29, 1.82) is 0 Å². The molecule has 0 saturated heterocycles. The highest BCUT2D eigenvalue weighted by atomic mass is 79.9. The van der Waals surface area contributed by atoms with Gasteiger partial charge in [-0.05, 0) is 71.2 Å². The van der Waals surface area contributed by atoms with Crippen molar-refractivity contribution in [2.45, 2.75) is 20.3 Å².